The standard InChI is InChI=1S/C17H11Cl2NO8S2.2Na/c18-9-1-2-13(19)12(5-9)17(22)20-14-6-10(29-28-27-23)3-8-4-11(30(24,25)26)7-15(21)16(8)14;;/h1-7,21,23H,(H,20,22)(H,24,25,26);;/q;2*+1/p-2. The van der Waals surface area contributed by atoms with Crippen LogP contribution in [0.25, 0.3) is 10.8 Å². The molecule has 0 fully saturated rings. The van der Waals surface area contributed by atoms with Crippen molar-refractivity contribution >= 4 is 67.7 Å². The Bertz CT molecular complexity index is 1260. The molecule has 1 amide bonds. The van der Waals surface area contributed by atoms with Gasteiger partial charge < -0.3 is 20.2 Å². The Labute approximate surface area is 240 Å². The number of rotatable bonds is 6. The zero-order valence-electron chi connectivity index (χ0n) is 16.4. The number of benzene rings is 3. The molecule has 3 aromatic carbocycles. The minimum Gasteiger partial charge on any atom is -0.744 e. The molecule has 0 heterocycles. The van der Waals surface area contributed by atoms with Gasteiger partial charge in [0.15, 0.2) is 0 Å². The van der Waals surface area contributed by atoms with Gasteiger partial charge in [-0.2, -0.15) is 4.33 Å². The molecule has 0 aliphatic carbocycles. The Balaban J connectivity index is 0.00000256. The predicted molar refractivity (Wildman–Crippen MR) is 106 cm³/mol. The fraction of sp³-hybridized carbons (Fsp3) is 0. The quantitative estimate of drug-likeness (QED) is 0.113. The predicted octanol–water partition coefficient (Wildman–Crippen LogP) is -2.75. The van der Waals surface area contributed by atoms with Crippen LogP contribution < -0.4 is 69.7 Å². The Morgan fingerprint density at radius 3 is 2.41 bits per heavy atom. The smallest absolute Gasteiger partial charge is 0.744 e. The average molecular weight is 536 g/mol. The monoisotopic (exact) mass is 535 g/mol. The van der Waals surface area contributed by atoms with Crippen LogP contribution in [-0.4, -0.2) is 24.0 Å². The number of aromatic hydroxyl groups is 1. The first-order chi connectivity index (χ1) is 14.1. The van der Waals surface area contributed by atoms with Gasteiger partial charge in [0, 0.05) is 15.3 Å². The zero-order valence-corrected chi connectivity index (χ0v) is 23.6. The summed E-state index contributed by atoms with van der Waals surface area (Å²) in [7, 11) is -4.88. The van der Waals surface area contributed by atoms with Crippen molar-refractivity contribution in [2.75, 3.05) is 5.32 Å². The van der Waals surface area contributed by atoms with Crippen molar-refractivity contribution in [1.29, 1.82) is 0 Å². The molecule has 158 valence electrons. The molecule has 32 heavy (non-hydrogen) atoms. The summed E-state index contributed by atoms with van der Waals surface area (Å²) in [6.45, 7) is 0. The summed E-state index contributed by atoms with van der Waals surface area (Å²) in [4.78, 5) is 12.2. The first-order valence-electron chi connectivity index (χ1n) is 7.76. The van der Waals surface area contributed by atoms with Gasteiger partial charge >= 0.3 is 59.1 Å². The third-order valence-electron chi connectivity index (χ3n) is 3.84. The second-order valence-electron chi connectivity index (χ2n) is 5.76. The SMILES string of the molecule is O=C(Nc1cc(SOO[O-])cc2cc(S(=O)(=O)[O-])cc(O)c12)c1cc(Cl)ccc1Cl.[Na+].[Na+]. The van der Waals surface area contributed by atoms with E-state index >= 15 is 0 Å². The Morgan fingerprint density at radius 1 is 1.09 bits per heavy atom. The number of hydrogen-bond acceptors (Lipinski definition) is 9. The van der Waals surface area contributed by atoms with Gasteiger partial charge in [0.05, 0.1) is 33.2 Å². The number of anilines is 1. The van der Waals surface area contributed by atoms with Crippen LogP contribution in [0.1, 0.15) is 10.4 Å². The number of phenolic OH excluding ortho intramolecular Hbond substituents is 1. The molecule has 0 radical (unpaired) electrons. The molecule has 0 aliphatic rings. The minimum absolute atomic E-state index is 0. The molecular weight excluding hydrogens is 527 g/mol. The third kappa shape index (κ3) is 7.20. The first-order valence-corrected chi connectivity index (χ1v) is 10.7. The maximum absolute atomic E-state index is 12.7. The molecule has 0 bridgehead atoms. The number of hydrogen-bond donors (Lipinski definition) is 2. The zero-order chi connectivity index (χ0) is 22.1. The van der Waals surface area contributed by atoms with Gasteiger partial charge in [-0.15, -0.1) is 0 Å². The van der Waals surface area contributed by atoms with E-state index in [0.29, 0.717) is 12.0 Å². The van der Waals surface area contributed by atoms with Gasteiger partial charge in [-0.3, -0.25) is 9.83 Å². The van der Waals surface area contributed by atoms with Crippen LogP contribution in [0.2, 0.25) is 10.0 Å². The Kier molecular flexibility index (Phi) is 11.8. The van der Waals surface area contributed by atoms with E-state index in [1.165, 1.54) is 30.3 Å². The van der Waals surface area contributed by atoms with Crippen molar-refractivity contribution < 1.29 is 96.6 Å². The summed E-state index contributed by atoms with van der Waals surface area (Å²) in [5, 5.41) is 26.7. The normalized spacial score (nSPS) is 10.9. The minimum atomic E-state index is -4.88. The van der Waals surface area contributed by atoms with E-state index in [4.69, 9.17) is 23.2 Å². The summed E-state index contributed by atoms with van der Waals surface area (Å²) in [6.07, 6.45) is 0. The average Bonchev–Trinajstić information content (AvgIpc) is 2.66. The van der Waals surface area contributed by atoms with Crippen molar-refractivity contribution in [2.24, 2.45) is 0 Å². The molecular formula is C17H9Cl2NNa2O8S2. The molecule has 0 aliphatic heterocycles. The van der Waals surface area contributed by atoms with E-state index in [1.54, 1.807) is 0 Å². The van der Waals surface area contributed by atoms with Crippen LogP contribution in [0.15, 0.2) is 52.3 Å². The first kappa shape index (κ1) is 29.9. The van der Waals surface area contributed by atoms with E-state index < -0.39 is 26.7 Å². The summed E-state index contributed by atoms with van der Waals surface area (Å²) in [6, 6.07) is 8.65. The van der Waals surface area contributed by atoms with Gasteiger partial charge in [0.2, 0.25) is 0 Å². The van der Waals surface area contributed by atoms with Crippen molar-refractivity contribution in [1.82, 2.24) is 0 Å². The fourth-order valence-corrected chi connectivity index (χ4v) is 3.99. The van der Waals surface area contributed by atoms with Gasteiger partial charge in [-0.05, 0) is 47.9 Å². The number of nitrogens with one attached hydrogen (secondary N) is 1. The van der Waals surface area contributed by atoms with Crippen LogP contribution in [0.3, 0.4) is 0 Å². The van der Waals surface area contributed by atoms with Crippen molar-refractivity contribution in [3.05, 3.63) is 58.1 Å². The van der Waals surface area contributed by atoms with E-state index in [-0.39, 0.29) is 96.1 Å². The number of halogens is 2. The number of carbonyl (C=O) groups is 1. The third-order valence-corrected chi connectivity index (χ3v) is 5.77. The molecule has 0 atom stereocenters. The van der Waals surface area contributed by atoms with Gasteiger partial charge in [0.1, 0.15) is 15.9 Å². The van der Waals surface area contributed by atoms with Gasteiger partial charge in [-0.25, -0.2) is 8.42 Å². The topological polar surface area (TPSA) is 148 Å². The number of fused-ring (bicyclic) bond motifs is 1. The van der Waals surface area contributed by atoms with Crippen LogP contribution in [0.5, 0.6) is 5.75 Å². The Hall–Kier alpha value is -0.0900. The van der Waals surface area contributed by atoms with Gasteiger partial charge in [0.25, 0.3) is 5.91 Å². The largest absolute Gasteiger partial charge is 1.00 e. The molecule has 3 rings (SSSR count). The van der Waals surface area contributed by atoms with Crippen molar-refractivity contribution in [2.45, 2.75) is 9.79 Å². The van der Waals surface area contributed by atoms with Gasteiger partial charge in [-0.1, -0.05) is 23.2 Å². The van der Waals surface area contributed by atoms with Crippen LogP contribution in [0, 0.1) is 0 Å². The molecule has 9 nitrogen and oxygen atoms in total. The molecule has 0 unspecified atom stereocenters. The number of amides is 1. The van der Waals surface area contributed by atoms with E-state index in [2.05, 4.69) is 14.7 Å². The molecule has 3 aromatic rings. The summed E-state index contributed by atoms with van der Waals surface area (Å²) in [5.41, 5.74) is 0.0469. The molecule has 0 aromatic heterocycles. The number of carbonyl (C=O) groups excluding carboxylic acids is 1. The molecule has 0 saturated carbocycles. The second-order valence-corrected chi connectivity index (χ2v) is 8.76. The molecule has 2 N–H and O–H groups in total. The van der Waals surface area contributed by atoms with E-state index in [0.717, 1.165) is 12.1 Å². The van der Waals surface area contributed by atoms with E-state index in [1.807, 2.05) is 0 Å². The summed E-state index contributed by atoms with van der Waals surface area (Å²) >= 11 is 12.4. The maximum Gasteiger partial charge on any atom is 1.00 e. The van der Waals surface area contributed by atoms with Crippen LogP contribution in [-0.2, 0) is 19.5 Å². The van der Waals surface area contributed by atoms with Crippen molar-refractivity contribution in [3.63, 3.8) is 0 Å². The second kappa shape index (κ2) is 12.6. The maximum atomic E-state index is 12.7. The van der Waals surface area contributed by atoms with Crippen LogP contribution in [0.4, 0.5) is 5.69 Å². The summed E-state index contributed by atoms with van der Waals surface area (Å²) in [5.74, 6) is -1.26. The summed E-state index contributed by atoms with van der Waals surface area (Å²) < 4.78 is 38.3. The van der Waals surface area contributed by atoms with Crippen molar-refractivity contribution in [3.8, 4) is 5.75 Å². The Morgan fingerprint density at radius 2 is 1.78 bits per heavy atom. The van der Waals surface area contributed by atoms with Crippen LogP contribution >= 0.6 is 35.2 Å². The van der Waals surface area contributed by atoms with E-state index in [9.17, 15) is 28.1 Å². The molecule has 0 spiro atoms. The molecule has 15 heteroatoms. The number of phenols is 1. The fourth-order valence-electron chi connectivity index (χ4n) is 2.64. The molecule has 0 saturated heterocycles.